The van der Waals surface area contributed by atoms with Gasteiger partial charge in [0.05, 0.1) is 0 Å². The predicted octanol–water partition coefficient (Wildman–Crippen LogP) is 5.93. The number of amidine groups is 1. The van der Waals surface area contributed by atoms with Crippen LogP contribution in [-0.4, -0.2) is 23.7 Å². The zero-order chi connectivity index (χ0) is 21.9. The van der Waals surface area contributed by atoms with E-state index in [0.717, 1.165) is 25.8 Å². The monoisotopic (exact) mass is 431 g/mol. The van der Waals surface area contributed by atoms with Gasteiger partial charge >= 0.3 is 0 Å². The molecule has 31 heavy (non-hydrogen) atoms. The van der Waals surface area contributed by atoms with Crippen molar-refractivity contribution in [3.8, 4) is 11.1 Å². The van der Waals surface area contributed by atoms with Crippen LogP contribution in [0, 0.1) is 5.41 Å². The Morgan fingerprint density at radius 2 is 1.74 bits per heavy atom. The number of rotatable bonds is 11. The Balaban J connectivity index is 1.51. The average molecular weight is 432 g/mol. The van der Waals surface area contributed by atoms with Gasteiger partial charge in [-0.1, -0.05) is 60.7 Å². The number of amides is 1. The normalized spacial score (nSPS) is 10.6. The largest absolute Gasteiger partial charge is 0.304 e. The fraction of sp³-hybridized carbons (Fsp3) is 0.231. The molecule has 0 aromatic heterocycles. The predicted molar refractivity (Wildman–Crippen MR) is 130 cm³/mol. The molecule has 0 bridgehead atoms. The van der Waals surface area contributed by atoms with Crippen LogP contribution in [0.2, 0.25) is 0 Å². The summed E-state index contributed by atoms with van der Waals surface area (Å²) < 4.78 is 3.43. The molecule has 3 rings (SSSR count). The summed E-state index contributed by atoms with van der Waals surface area (Å²) in [5.74, 6) is 0.393. The van der Waals surface area contributed by atoms with Crippen molar-refractivity contribution in [1.82, 2.24) is 9.62 Å². The van der Waals surface area contributed by atoms with E-state index in [2.05, 4.69) is 65.4 Å². The quantitative estimate of drug-likeness (QED) is 0.171. The Kier molecular flexibility index (Phi) is 8.88. The highest BCUT2D eigenvalue weighted by atomic mass is 32.2. The standard InChI is InChI=1S/C26H29N3OS/c1-2-29(20-30)26(27)13-7-8-21-14-16-23(17-15-21)24-10-6-9-22(18-24)19-28-31-25-11-4-3-5-12-25/h3-6,9-12,14-18,20,27-28H,2,7-8,13,19H2,1H3. The van der Waals surface area contributed by atoms with Crippen molar-refractivity contribution in [2.75, 3.05) is 6.54 Å². The Morgan fingerprint density at radius 1 is 0.968 bits per heavy atom. The number of carbonyl (C=O) groups excluding carboxylic acids is 1. The number of carbonyl (C=O) groups is 1. The third-order valence-electron chi connectivity index (χ3n) is 5.12. The lowest BCUT2D eigenvalue weighted by Crippen LogP contribution is -2.28. The zero-order valence-electron chi connectivity index (χ0n) is 17.9. The van der Waals surface area contributed by atoms with Crippen molar-refractivity contribution in [1.29, 1.82) is 5.41 Å². The number of hydrogen-bond acceptors (Lipinski definition) is 4. The molecule has 0 atom stereocenters. The Bertz CT molecular complexity index is 973. The highest BCUT2D eigenvalue weighted by Crippen LogP contribution is 2.22. The maximum Gasteiger partial charge on any atom is 0.215 e. The molecule has 5 heteroatoms. The second-order valence-corrected chi connectivity index (χ2v) is 8.29. The molecule has 0 fully saturated rings. The van der Waals surface area contributed by atoms with Crippen LogP contribution in [0.5, 0.6) is 0 Å². The third kappa shape index (κ3) is 7.09. The molecule has 0 aliphatic rings. The molecule has 0 saturated heterocycles. The topological polar surface area (TPSA) is 56.2 Å². The smallest absolute Gasteiger partial charge is 0.215 e. The number of hydrogen-bond donors (Lipinski definition) is 2. The van der Waals surface area contributed by atoms with Gasteiger partial charge in [0.2, 0.25) is 6.41 Å². The van der Waals surface area contributed by atoms with Crippen LogP contribution in [0.4, 0.5) is 0 Å². The minimum absolute atomic E-state index is 0.393. The van der Waals surface area contributed by atoms with Gasteiger partial charge in [-0.15, -0.1) is 0 Å². The fourth-order valence-electron chi connectivity index (χ4n) is 3.35. The molecule has 0 heterocycles. The first-order valence-electron chi connectivity index (χ1n) is 10.6. The van der Waals surface area contributed by atoms with E-state index in [1.807, 2.05) is 25.1 Å². The average Bonchev–Trinajstić information content (AvgIpc) is 2.81. The molecule has 0 aliphatic carbocycles. The summed E-state index contributed by atoms with van der Waals surface area (Å²) in [6, 6.07) is 27.6. The lowest BCUT2D eigenvalue weighted by molar-refractivity contribution is -0.114. The summed E-state index contributed by atoms with van der Waals surface area (Å²) in [7, 11) is 0. The maximum atomic E-state index is 10.9. The van der Waals surface area contributed by atoms with Crippen molar-refractivity contribution in [2.45, 2.75) is 37.6 Å². The summed E-state index contributed by atoms with van der Waals surface area (Å²) in [4.78, 5) is 13.6. The van der Waals surface area contributed by atoms with Crippen LogP contribution in [0.15, 0.2) is 83.8 Å². The van der Waals surface area contributed by atoms with Gasteiger partial charge in [-0.25, -0.2) is 0 Å². The summed E-state index contributed by atoms with van der Waals surface area (Å²) in [6.07, 6.45) is 3.12. The summed E-state index contributed by atoms with van der Waals surface area (Å²) in [6.45, 7) is 3.23. The van der Waals surface area contributed by atoms with Crippen molar-refractivity contribution in [2.24, 2.45) is 0 Å². The summed E-state index contributed by atoms with van der Waals surface area (Å²) in [5.41, 5.74) is 4.91. The molecule has 3 aromatic carbocycles. The van der Waals surface area contributed by atoms with Crippen LogP contribution in [0.25, 0.3) is 11.1 Å². The maximum absolute atomic E-state index is 10.9. The van der Waals surface area contributed by atoms with Gasteiger partial charge in [0.15, 0.2) is 0 Å². The number of aryl methyl sites for hydroxylation is 1. The molecule has 4 nitrogen and oxygen atoms in total. The molecular formula is C26H29N3OS. The first-order chi connectivity index (χ1) is 15.2. The van der Waals surface area contributed by atoms with Crippen LogP contribution in [-0.2, 0) is 17.8 Å². The number of nitrogens with zero attached hydrogens (tertiary/aromatic N) is 1. The van der Waals surface area contributed by atoms with Crippen molar-refractivity contribution in [3.63, 3.8) is 0 Å². The van der Waals surface area contributed by atoms with Gasteiger partial charge in [-0.3, -0.25) is 14.9 Å². The molecule has 2 N–H and O–H groups in total. The Hall–Kier alpha value is -2.89. The van der Waals surface area contributed by atoms with E-state index in [4.69, 9.17) is 5.41 Å². The highest BCUT2D eigenvalue weighted by molar-refractivity contribution is 7.97. The van der Waals surface area contributed by atoms with Crippen molar-refractivity contribution in [3.05, 3.63) is 90.0 Å². The molecule has 0 spiro atoms. The number of benzene rings is 3. The van der Waals surface area contributed by atoms with E-state index in [-0.39, 0.29) is 0 Å². The molecule has 0 unspecified atom stereocenters. The lowest BCUT2D eigenvalue weighted by Gasteiger charge is -2.15. The highest BCUT2D eigenvalue weighted by Gasteiger charge is 2.06. The van der Waals surface area contributed by atoms with E-state index >= 15 is 0 Å². The van der Waals surface area contributed by atoms with Crippen LogP contribution in [0.1, 0.15) is 30.9 Å². The van der Waals surface area contributed by atoms with Crippen LogP contribution in [0.3, 0.4) is 0 Å². The van der Waals surface area contributed by atoms with E-state index < -0.39 is 0 Å². The van der Waals surface area contributed by atoms with Gasteiger partial charge in [0.1, 0.15) is 5.84 Å². The molecule has 3 aromatic rings. The van der Waals surface area contributed by atoms with Gasteiger partial charge in [-0.2, -0.15) is 0 Å². The minimum atomic E-state index is 0.393. The zero-order valence-corrected chi connectivity index (χ0v) is 18.7. The molecule has 0 aliphatic heterocycles. The van der Waals surface area contributed by atoms with Crippen LogP contribution < -0.4 is 4.72 Å². The molecule has 1 amide bonds. The van der Waals surface area contributed by atoms with E-state index in [0.29, 0.717) is 18.8 Å². The van der Waals surface area contributed by atoms with Crippen molar-refractivity contribution < 1.29 is 4.79 Å². The third-order valence-corrected chi connectivity index (χ3v) is 5.91. The Morgan fingerprint density at radius 3 is 2.45 bits per heavy atom. The lowest BCUT2D eigenvalue weighted by atomic mass is 10.00. The summed E-state index contributed by atoms with van der Waals surface area (Å²) in [5, 5.41) is 7.96. The molecule has 0 saturated carbocycles. The fourth-order valence-corrected chi connectivity index (χ4v) is 4.05. The first-order valence-corrected chi connectivity index (χ1v) is 11.4. The van der Waals surface area contributed by atoms with Gasteiger partial charge in [0.25, 0.3) is 0 Å². The summed E-state index contributed by atoms with van der Waals surface area (Å²) >= 11 is 1.65. The van der Waals surface area contributed by atoms with Crippen LogP contribution >= 0.6 is 11.9 Å². The van der Waals surface area contributed by atoms with Gasteiger partial charge in [0, 0.05) is 24.4 Å². The van der Waals surface area contributed by atoms with Gasteiger partial charge < -0.3 is 4.90 Å². The van der Waals surface area contributed by atoms with E-state index in [1.54, 1.807) is 11.9 Å². The van der Waals surface area contributed by atoms with Gasteiger partial charge in [-0.05, 0) is 72.2 Å². The van der Waals surface area contributed by atoms with Crippen molar-refractivity contribution >= 4 is 24.2 Å². The SMILES string of the molecule is CCN(C=O)C(=N)CCCc1ccc(-c2cccc(CNSc3ccccc3)c2)cc1. The first kappa shape index (κ1) is 22.8. The van der Waals surface area contributed by atoms with E-state index in [9.17, 15) is 4.79 Å². The Labute approximate surface area is 189 Å². The number of nitrogens with one attached hydrogen (secondary N) is 2. The second kappa shape index (κ2) is 12.1. The molecule has 160 valence electrons. The minimum Gasteiger partial charge on any atom is -0.304 e. The second-order valence-electron chi connectivity index (χ2n) is 7.33. The van der Waals surface area contributed by atoms with E-state index in [1.165, 1.54) is 32.0 Å². The molecule has 0 radical (unpaired) electrons. The molecular weight excluding hydrogens is 402 g/mol.